The van der Waals surface area contributed by atoms with Crippen LogP contribution in [0, 0.1) is 11.8 Å². The van der Waals surface area contributed by atoms with Crippen molar-refractivity contribution in [2.24, 2.45) is 0 Å². The summed E-state index contributed by atoms with van der Waals surface area (Å²) >= 11 is 0. The number of ether oxygens (including phenoxy) is 1. The maximum Gasteiger partial charge on any atom is 0.407 e. The molecule has 2 aromatic rings. The molecule has 3 N–H and O–H groups in total. The molecule has 1 heterocycles. The molecule has 0 spiro atoms. The quantitative estimate of drug-likeness (QED) is 0.657. The van der Waals surface area contributed by atoms with Crippen molar-refractivity contribution in [3.05, 3.63) is 23.8 Å². The molecular weight excluding hydrogens is 282 g/mol. The first-order valence-corrected chi connectivity index (χ1v) is 6.95. The lowest BCUT2D eigenvalue weighted by atomic mass is 10.2. The third-order valence-corrected chi connectivity index (χ3v) is 2.56. The van der Waals surface area contributed by atoms with Crippen LogP contribution < -0.4 is 11.1 Å². The SMILES string of the molecule is CC(C)(C)OC(=O)NCCC#Cc1ccc2oc(N)nc2c1. The summed E-state index contributed by atoms with van der Waals surface area (Å²) in [6.07, 6.45) is 0.0897. The molecule has 22 heavy (non-hydrogen) atoms. The zero-order chi connectivity index (χ0) is 16.2. The number of benzene rings is 1. The van der Waals surface area contributed by atoms with Crippen molar-refractivity contribution >= 4 is 23.2 Å². The number of nitrogens with one attached hydrogen (secondary N) is 1. The number of nitrogen functional groups attached to an aromatic ring is 1. The molecule has 0 aliphatic rings. The van der Waals surface area contributed by atoms with Gasteiger partial charge in [0.15, 0.2) is 5.58 Å². The maximum absolute atomic E-state index is 11.4. The number of nitrogens with two attached hydrogens (primary N) is 1. The fraction of sp³-hybridized carbons (Fsp3) is 0.375. The fourth-order valence-corrected chi connectivity index (χ4v) is 1.73. The van der Waals surface area contributed by atoms with Crippen LogP contribution >= 0.6 is 0 Å². The third-order valence-electron chi connectivity index (χ3n) is 2.56. The predicted molar refractivity (Wildman–Crippen MR) is 84.2 cm³/mol. The number of rotatable bonds is 2. The highest BCUT2D eigenvalue weighted by Gasteiger charge is 2.15. The van der Waals surface area contributed by atoms with Crippen molar-refractivity contribution in [2.45, 2.75) is 32.8 Å². The molecule has 0 fully saturated rings. The number of carbonyl (C=O) groups excluding carboxylic acids is 1. The summed E-state index contributed by atoms with van der Waals surface area (Å²) < 4.78 is 10.3. The molecule has 0 unspecified atom stereocenters. The van der Waals surface area contributed by atoms with E-state index in [4.69, 9.17) is 14.9 Å². The first kappa shape index (κ1) is 15.7. The smallest absolute Gasteiger partial charge is 0.407 e. The summed E-state index contributed by atoms with van der Waals surface area (Å²) in [5.74, 6) is 5.98. The van der Waals surface area contributed by atoms with E-state index in [1.54, 1.807) is 6.07 Å². The van der Waals surface area contributed by atoms with Gasteiger partial charge in [-0.15, -0.1) is 0 Å². The van der Waals surface area contributed by atoms with Gasteiger partial charge in [0.1, 0.15) is 11.1 Å². The van der Waals surface area contributed by atoms with Crippen LogP contribution in [0.1, 0.15) is 32.8 Å². The molecule has 0 aliphatic heterocycles. The Morgan fingerprint density at radius 1 is 1.45 bits per heavy atom. The minimum absolute atomic E-state index is 0.140. The highest BCUT2D eigenvalue weighted by Crippen LogP contribution is 2.17. The first-order chi connectivity index (χ1) is 10.3. The van der Waals surface area contributed by atoms with Gasteiger partial charge in [-0.25, -0.2) is 4.79 Å². The summed E-state index contributed by atoms with van der Waals surface area (Å²) in [5.41, 5.74) is 7.12. The van der Waals surface area contributed by atoms with Crippen LogP contribution in [0.3, 0.4) is 0 Å². The molecule has 6 heteroatoms. The largest absolute Gasteiger partial charge is 0.444 e. The summed E-state index contributed by atoms with van der Waals surface area (Å²) in [6.45, 7) is 5.89. The van der Waals surface area contributed by atoms with Crippen LogP contribution in [0.15, 0.2) is 22.6 Å². The van der Waals surface area contributed by atoms with Gasteiger partial charge in [-0.3, -0.25) is 0 Å². The lowest BCUT2D eigenvalue weighted by Gasteiger charge is -2.19. The number of amides is 1. The van der Waals surface area contributed by atoms with E-state index in [2.05, 4.69) is 22.1 Å². The Bertz CT molecular complexity index is 732. The van der Waals surface area contributed by atoms with Crippen LogP contribution in [-0.4, -0.2) is 23.2 Å². The number of nitrogens with zero attached hydrogens (tertiary/aromatic N) is 1. The number of aromatic nitrogens is 1. The van der Waals surface area contributed by atoms with E-state index in [9.17, 15) is 4.79 Å². The molecule has 1 amide bonds. The molecule has 0 radical (unpaired) electrons. The summed E-state index contributed by atoms with van der Waals surface area (Å²) in [5, 5.41) is 2.65. The standard InChI is InChI=1S/C16H19N3O3/c1-16(2,3)22-15(20)18-9-5-4-6-11-7-8-13-12(10-11)19-14(17)21-13/h7-8,10H,5,9H2,1-3H3,(H2,17,19)(H,18,20). The average molecular weight is 301 g/mol. The van der Waals surface area contributed by atoms with E-state index >= 15 is 0 Å². The molecule has 0 saturated carbocycles. The van der Waals surface area contributed by atoms with Gasteiger partial charge in [-0.1, -0.05) is 11.8 Å². The van der Waals surface area contributed by atoms with Crippen molar-refractivity contribution < 1.29 is 13.9 Å². The molecule has 0 bridgehead atoms. The third kappa shape index (κ3) is 4.70. The maximum atomic E-state index is 11.4. The van der Waals surface area contributed by atoms with Gasteiger partial charge in [-0.2, -0.15) is 4.98 Å². The van der Waals surface area contributed by atoms with Gasteiger partial charge >= 0.3 is 6.09 Å². The second kappa shape index (κ2) is 6.39. The van der Waals surface area contributed by atoms with E-state index in [-0.39, 0.29) is 6.01 Å². The Kier molecular flexibility index (Phi) is 4.56. The highest BCUT2D eigenvalue weighted by molar-refractivity contribution is 5.76. The first-order valence-electron chi connectivity index (χ1n) is 6.95. The molecule has 0 saturated heterocycles. The topological polar surface area (TPSA) is 90.4 Å². The Morgan fingerprint density at radius 2 is 2.23 bits per heavy atom. The number of carbonyl (C=O) groups is 1. The van der Waals surface area contributed by atoms with Gasteiger partial charge in [-0.05, 0) is 39.0 Å². The van der Waals surface area contributed by atoms with Crippen LogP contribution in [0.25, 0.3) is 11.1 Å². The Morgan fingerprint density at radius 3 is 2.95 bits per heavy atom. The Hall–Kier alpha value is -2.68. The summed E-state index contributed by atoms with van der Waals surface area (Å²) in [7, 11) is 0. The molecule has 1 aromatic heterocycles. The van der Waals surface area contributed by atoms with E-state index in [1.165, 1.54) is 0 Å². The second-order valence-corrected chi connectivity index (χ2v) is 5.72. The van der Waals surface area contributed by atoms with E-state index in [0.29, 0.717) is 24.1 Å². The van der Waals surface area contributed by atoms with Gasteiger partial charge < -0.3 is 20.2 Å². The van der Waals surface area contributed by atoms with Gasteiger partial charge in [0.05, 0.1) is 0 Å². The van der Waals surface area contributed by atoms with Gasteiger partial charge in [0.25, 0.3) is 6.01 Å². The number of alkyl carbamates (subject to hydrolysis) is 1. The minimum Gasteiger partial charge on any atom is -0.444 e. The monoisotopic (exact) mass is 301 g/mol. The predicted octanol–water partition coefficient (Wildman–Crippen LogP) is 2.68. The lowest BCUT2D eigenvalue weighted by molar-refractivity contribution is 0.0529. The average Bonchev–Trinajstić information content (AvgIpc) is 2.75. The van der Waals surface area contributed by atoms with Crippen molar-refractivity contribution in [3.63, 3.8) is 0 Å². The summed E-state index contributed by atoms with van der Waals surface area (Å²) in [6, 6.07) is 5.56. The van der Waals surface area contributed by atoms with Gasteiger partial charge in [0.2, 0.25) is 0 Å². The van der Waals surface area contributed by atoms with Gasteiger partial charge in [0, 0.05) is 18.5 Å². The molecule has 2 rings (SSSR count). The molecule has 6 nitrogen and oxygen atoms in total. The molecule has 1 aromatic carbocycles. The Balaban J connectivity index is 1.84. The molecular formula is C16H19N3O3. The van der Waals surface area contributed by atoms with Crippen LogP contribution in [-0.2, 0) is 4.74 Å². The number of fused-ring (bicyclic) bond motifs is 1. The second-order valence-electron chi connectivity index (χ2n) is 5.72. The number of oxazole rings is 1. The van der Waals surface area contributed by atoms with Crippen molar-refractivity contribution in [3.8, 4) is 11.8 Å². The number of hydrogen-bond donors (Lipinski definition) is 2. The van der Waals surface area contributed by atoms with Crippen molar-refractivity contribution in [1.82, 2.24) is 10.3 Å². The lowest BCUT2D eigenvalue weighted by Crippen LogP contribution is -2.32. The van der Waals surface area contributed by atoms with E-state index < -0.39 is 11.7 Å². The molecule has 116 valence electrons. The van der Waals surface area contributed by atoms with Crippen molar-refractivity contribution in [1.29, 1.82) is 0 Å². The number of anilines is 1. The van der Waals surface area contributed by atoms with E-state index in [0.717, 1.165) is 5.56 Å². The fourth-order valence-electron chi connectivity index (χ4n) is 1.73. The van der Waals surface area contributed by atoms with Crippen molar-refractivity contribution in [2.75, 3.05) is 12.3 Å². The Labute approximate surface area is 129 Å². The number of hydrogen-bond acceptors (Lipinski definition) is 5. The normalized spacial score (nSPS) is 10.9. The molecule has 0 aliphatic carbocycles. The van der Waals surface area contributed by atoms with Crippen LogP contribution in [0.2, 0.25) is 0 Å². The van der Waals surface area contributed by atoms with E-state index in [1.807, 2.05) is 32.9 Å². The van der Waals surface area contributed by atoms with Crippen LogP contribution in [0.4, 0.5) is 10.8 Å². The summed E-state index contributed by atoms with van der Waals surface area (Å²) in [4.78, 5) is 15.5. The minimum atomic E-state index is -0.495. The zero-order valence-electron chi connectivity index (χ0n) is 12.9. The zero-order valence-corrected chi connectivity index (χ0v) is 12.9. The molecule has 0 atom stereocenters. The highest BCUT2D eigenvalue weighted by atomic mass is 16.6. The van der Waals surface area contributed by atoms with Crippen LogP contribution in [0.5, 0.6) is 0 Å².